The number of nitrogens with one attached hydrogen (secondary N) is 1. The van der Waals surface area contributed by atoms with Crippen molar-refractivity contribution in [2.75, 3.05) is 6.54 Å². The highest BCUT2D eigenvalue weighted by Crippen LogP contribution is 2.21. The van der Waals surface area contributed by atoms with E-state index in [0.717, 1.165) is 13.0 Å². The standard InChI is InChI=1S/C14H25N/c1-3-9-14(15-12-4-2)13-10-7-5-6-8-11-13/h3,10,14-15H,1,4-9,11-12H2,2H3. The molecule has 0 spiro atoms. The molecule has 1 heteroatoms. The Morgan fingerprint density at radius 3 is 3.07 bits per heavy atom. The number of hydrogen-bond acceptors (Lipinski definition) is 1. The minimum Gasteiger partial charge on any atom is -0.310 e. The van der Waals surface area contributed by atoms with Crippen molar-refractivity contribution in [1.82, 2.24) is 5.32 Å². The number of allylic oxidation sites excluding steroid dienone is 1. The van der Waals surface area contributed by atoms with Crippen LogP contribution in [0, 0.1) is 0 Å². The maximum Gasteiger partial charge on any atom is 0.0314 e. The van der Waals surface area contributed by atoms with Crippen molar-refractivity contribution in [2.24, 2.45) is 0 Å². The van der Waals surface area contributed by atoms with Crippen molar-refractivity contribution in [3.05, 3.63) is 24.3 Å². The highest BCUT2D eigenvalue weighted by Gasteiger charge is 2.12. The van der Waals surface area contributed by atoms with Crippen LogP contribution in [0.2, 0.25) is 0 Å². The summed E-state index contributed by atoms with van der Waals surface area (Å²) in [5.74, 6) is 0. The van der Waals surface area contributed by atoms with Crippen LogP contribution in [-0.4, -0.2) is 12.6 Å². The highest BCUT2D eigenvalue weighted by molar-refractivity contribution is 5.13. The molecule has 1 nitrogen and oxygen atoms in total. The van der Waals surface area contributed by atoms with E-state index in [1.54, 1.807) is 5.57 Å². The molecule has 1 N–H and O–H groups in total. The Morgan fingerprint density at radius 1 is 1.47 bits per heavy atom. The molecule has 0 heterocycles. The summed E-state index contributed by atoms with van der Waals surface area (Å²) >= 11 is 0. The van der Waals surface area contributed by atoms with Gasteiger partial charge in [-0.05, 0) is 45.1 Å². The monoisotopic (exact) mass is 207 g/mol. The Balaban J connectivity index is 2.51. The third-order valence-electron chi connectivity index (χ3n) is 3.07. The van der Waals surface area contributed by atoms with Crippen LogP contribution in [0.3, 0.4) is 0 Å². The van der Waals surface area contributed by atoms with Crippen LogP contribution in [0.4, 0.5) is 0 Å². The molecular weight excluding hydrogens is 182 g/mol. The zero-order chi connectivity index (χ0) is 10.9. The molecule has 1 rings (SSSR count). The molecule has 0 aromatic heterocycles. The van der Waals surface area contributed by atoms with Gasteiger partial charge in [0, 0.05) is 6.04 Å². The van der Waals surface area contributed by atoms with Gasteiger partial charge in [-0.3, -0.25) is 0 Å². The Morgan fingerprint density at radius 2 is 2.33 bits per heavy atom. The van der Waals surface area contributed by atoms with E-state index in [2.05, 4.69) is 24.9 Å². The molecule has 0 bridgehead atoms. The van der Waals surface area contributed by atoms with Gasteiger partial charge >= 0.3 is 0 Å². The predicted octanol–water partition coefficient (Wildman–Crippen LogP) is 3.82. The van der Waals surface area contributed by atoms with Gasteiger partial charge in [0.05, 0.1) is 0 Å². The normalized spacial score (nSPS) is 19.1. The Bertz CT molecular complexity index is 205. The van der Waals surface area contributed by atoms with Gasteiger partial charge in [-0.25, -0.2) is 0 Å². The fourth-order valence-corrected chi connectivity index (χ4v) is 2.21. The van der Waals surface area contributed by atoms with Crippen molar-refractivity contribution in [3.8, 4) is 0 Å². The topological polar surface area (TPSA) is 12.0 Å². The minimum atomic E-state index is 0.556. The molecule has 1 unspecified atom stereocenters. The lowest BCUT2D eigenvalue weighted by atomic mass is 9.99. The molecule has 0 saturated carbocycles. The van der Waals surface area contributed by atoms with Crippen molar-refractivity contribution in [1.29, 1.82) is 0 Å². The second-order valence-corrected chi connectivity index (χ2v) is 4.41. The van der Waals surface area contributed by atoms with E-state index in [0.29, 0.717) is 6.04 Å². The lowest BCUT2D eigenvalue weighted by Crippen LogP contribution is -2.31. The zero-order valence-electron chi connectivity index (χ0n) is 10.1. The second kappa shape index (κ2) is 7.70. The van der Waals surface area contributed by atoms with Crippen molar-refractivity contribution < 1.29 is 0 Å². The first-order valence-corrected chi connectivity index (χ1v) is 6.41. The molecule has 0 radical (unpaired) electrons. The van der Waals surface area contributed by atoms with E-state index < -0.39 is 0 Å². The van der Waals surface area contributed by atoms with Gasteiger partial charge in [0.1, 0.15) is 0 Å². The molecule has 86 valence electrons. The van der Waals surface area contributed by atoms with E-state index in [1.807, 2.05) is 6.08 Å². The van der Waals surface area contributed by atoms with Crippen LogP contribution in [0.1, 0.15) is 51.9 Å². The summed E-state index contributed by atoms with van der Waals surface area (Å²) in [4.78, 5) is 0. The van der Waals surface area contributed by atoms with E-state index in [9.17, 15) is 0 Å². The maximum absolute atomic E-state index is 3.86. The molecule has 0 amide bonds. The van der Waals surface area contributed by atoms with Crippen LogP contribution >= 0.6 is 0 Å². The first kappa shape index (κ1) is 12.5. The van der Waals surface area contributed by atoms with Crippen LogP contribution < -0.4 is 5.32 Å². The molecule has 1 aliphatic rings. The molecule has 0 aliphatic heterocycles. The number of rotatable bonds is 6. The molecule has 0 saturated heterocycles. The summed E-state index contributed by atoms with van der Waals surface area (Å²) in [6, 6.07) is 0.556. The van der Waals surface area contributed by atoms with Crippen LogP contribution in [0.25, 0.3) is 0 Å². The molecule has 1 aliphatic carbocycles. The molecule has 0 fully saturated rings. The zero-order valence-corrected chi connectivity index (χ0v) is 10.1. The van der Waals surface area contributed by atoms with Crippen molar-refractivity contribution in [3.63, 3.8) is 0 Å². The Hall–Kier alpha value is -0.560. The van der Waals surface area contributed by atoms with Crippen LogP contribution in [0.5, 0.6) is 0 Å². The SMILES string of the molecule is C=CCC(NCCC)C1=CCCCCC1. The number of hydrogen-bond donors (Lipinski definition) is 1. The van der Waals surface area contributed by atoms with Gasteiger partial charge in [0.25, 0.3) is 0 Å². The molecule has 0 aromatic rings. The third kappa shape index (κ3) is 4.65. The van der Waals surface area contributed by atoms with Gasteiger partial charge in [-0.1, -0.05) is 31.1 Å². The van der Waals surface area contributed by atoms with Crippen molar-refractivity contribution in [2.45, 2.75) is 57.9 Å². The van der Waals surface area contributed by atoms with E-state index in [-0.39, 0.29) is 0 Å². The summed E-state index contributed by atoms with van der Waals surface area (Å²) in [6.07, 6.45) is 13.5. The quantitative estimate of drug-likeness (QED) is 0.653. The third-order valence-corrected chi connectivity index (χ3v) is 3.07. The molecule has 1 atom stereocenters. The van der Waals surface area contributed by atoms with Gasteiger partial charge in [0.2, 0.25) is 0 Å². The Labute approximate surface area is 94.6 Å². The summed E-state index contributed by atoms with van der Waals surface area (Å²) in [6.45, 7) is 7.20. The van der Waals surface area contributed by atoms with E-state index >= 15 is 0 Å². The summed E-state index contributed by atoms with van der Waals surface area (Å²) in [5.41, 5.74) is 1.63. The maximum atomic E-state index is 3.86. The van der Waals surface area contributed by atoms with Crippen LogP contribution in [0.15, 0.2) is 24.3 Å². The smallest absolute Gasteiger partial charge is 0.0314 e. The first-order chi connectivity index (χ1) is 7.38. The molecule has 0 aromatic carbocycles. The predicted molar refractivity (Wildman–Crippen MR) is 68.1 cm³/mol. The summed E-state index contributed by atoms with van der Waals surface area (Å²) in [7, 11) is 0. The van der Waals surface area contributed by atoms with Gasteiger partial charge < -0.3 is 5.32 Å². The summed E-state index contributed by atoms with van der Waals surface area (Å²) < 4.78 is 0. The Kier molecular flexibility index (Phi) is 6.42. The summed E-state index contributed by atoms with van der Waals surface area (Å²) in [5, 5.41) is 3.63. The molecular formula is C14H25N. The average Bonchev–Trinajstić information content (AvgIpc) is 2.52. The molecule has 15 heavy (non-hydrogen) atoms. The lowest BCUT2D eigenvalue weighted by Gasteiger charge is -2.20. The van der Waals surface area contributed by atoms with Crippen LogP contribution in [-0.2, 0) is 0 Å². The largest absolute Gasteiger partial charge is 0.310 e. The fourth-order valence-electron chi connectivity index (χ4n) is 2.21. The van der Waals surface area contributed by atoms with Gasteiger partial charge in [-0.2, -0.15) is 0 Å². The lowest BCUT2D eigenvalue weighted by molar-refractivity contribution is 0.550. The van der Waals surface area contributed by atoms with E-state index in [4.69, 9.17) is 0 Å². The highest BCUT2D eigenvalue weighted by atomic mass is 14.9. The second-order valence-electron chi connectivity index (χ2n) is 4.41. The van der Waals surface area contributed by atoms with Crippen molar-refractivity contribution >= 4 is 0 Å². The fraction of sp³-hybridized carbons (Fsp3) is 0.714. The first-order valence-electron chi connectivity index (χ1n) is 6.41. The minimum absolute atomic E-state index is 0.556. The average molecular weight is 207 g/mol. The van der Waals surface area contributed by atoms with E-state index in [1.165, 1.54) is 38.5 Å². The van der Waals surface area contributed by atoms with Gasteiger partial charge in [-0.15, -0.1) is 6.58 Å². The van der Waals surface area contributed by atoms with Gasteiger partial charge in [0.15, 0.2) is 0 Å².